The summed E-state index contributed by atoms with van der Waals surface area (Å²) < 4.78 is 1.22. The average Bonchev–Trinajstić information content (AvgIpc) is 2.69. The molecule has 0 radical (unpaired) electrons. The van der Waals surface area contributed by atoms with Crippen LogP contribution in [0.2, 0.25) is 0 Å². The summed E-state index contributed by atoms with van der Waals surface area (Å²) in [4.78, 5) is 4.64. The fourth-order valence-electron chi connectivity index (χ4n) is 3.07. The first-order chi connectivity index (χ1) is 8.65. The maximum Gasteiger partial charge on any atom is 0.0967 e. The number of rotatable bonds is 2. The Morgan fingerprint density at radius 2 is 2.28 bits per heavy atom. The van der Waals surface area contributed by atoms with E-state index in [-0.39, 0.29) is 0 Å². The smallest absolute Gasteiger partial charge is 0.0967 e. The molecule has 0 amide bonds. The number of aromatic nitrogens is 1. The Bertz CT molecular complexity index is 517. The quantitative estimate of drug-likeness (QED) is 0.892. The predicted octanol–water partition coefficient (Wildman–Crippen LogP) is 3.78. The van der Waals surface area contributed by atoms with Crippen LogP contribution >= 0.6 is 11.3 Å². The van der Waals surface area contributed by atoms with E-state index in [9.17, 15) is 5.11 Å². The van der Waals surface area contributed by atoms with Gasteiger partial charge in [-0.1, -0.05) is 31.9 Å². The van der Waals surface area contributed by atoms with Gasteiger partial charge in [-0.15, -0.1) is 11.3 Å². The number of hydrogen-bond acceptors (Lipinski definition) is 3. The van der Waals surface area contributed by atoms with Gasteiger partial charge in [-0.05, 0) is 30.9 Å². The first-order valence-corrected chi connectivity index (χ1v) is 7.53. The van der Waals surface area contributed by atoms with Crippen molar-refractivity contribution in [2.45, 2.75) is 44.6 Å². The number of thiazole rings is 1. The Morgan fingerprint density at radius 3 is 3.06 bits per heavy atom. The minimum absolute atomic E-state index is 0.522. The van der Waals surface area contributed by atoms with Gasteiger partial charge in [-0.2, -0.15) is 0 Å². The third-order valence-corrected chi connectivity index (χ3v) is 4.92. The van der Waals surface area contributed by atoms with Gasteiger partial charge >= 0.3 is 0 Å². The summed E-state index contributed by atoms with van der Waals surface area (Å²) in [5, 5.41) is 11.8. The highest BCUT2D eigenvalue weighted by Gasteiger charge is 2.33. The van der Waals surface area contributed by atoms with Crippen LogP contribution in [0.4, 0.5) is 0 Å². The summed E-state index contributed by atoms with van der Waals surface area (Å²) in [5.41, 5.74) is 0.538. The van der Waals surface area contributed by atoms with Crippen LogP contribution in [-0.4, -0.2) is 15.7 Å². The van der Waals surface area contributed by atoms with Crippen molar-refractivity contribution in [2.75, 3.05) is 0 Å². The number of aliphatic hydroxyl groups is 1. The van der Waals surface area contributed by atoms with E-state index >= 15 is 0 Å². The molecule has 1 aromatic carbocycles. The Labute approximate surface area is 112 Å². The van der Waals surface area contributed by atoms with E-state index in [4.69, 9.17) is 0 Å². The summed E-state index contributed by atoms with van der Waals surface area (Å²) in [6, 6.07) is 8.21. The lowest BCUT2D eigenvalue weighted by Gasteiger charge is -2.34. The lowest BCUT2D eigenvalue weighted by molar-refractivity contribution is -0.0123. The van der Waals surface area contributed by atoms with Crippen molar-refractivity contribution in [2.24, 2.45) is 5.92 Å². The van der Waals surface area contributed by atoms with Crippen molar-refractivity contribution in [1.29, 1.82) is 0 Å². The average molecular weight is 261 g/mol. The molecular weight excluding hydrogens is 242 g/mol. The lowest BCUT2D eigenvalue weighted by atomic mass is 9.77. The lowest BCUT2D eigenvalue weighted by Crippen LogP contribution is -2.36. The number of benzene rings is 1. The molecule has 2 unspecified atom stereocenters. The molecule has 1 aliphatic carbocycles. The van der Waals surface area contributed by atoms with Crippen LogP contribution < -0.4 is 0 Å². The van der Waals surface area contributed by atoms with Gasteiger partial charge < -0.3 is 5.11 Å². The van der Waals surface area contributed by atoms with Crippen LogP contribution in [0.25, 0.3) is 10.2 Å². The number of hydrogen-bond donors (Lipinski definition) is 1. The molecule has 96 valence electrons. The van der Waals surface area contributed by atoms with Gasteiger partial charge in [0.05, 0.1) is 20.8 Å². The van der Waals surface area contributed by atoms with Crippen molar-refractivity contribution in [3.63, 3.8) is 0 Å². The van der Waals surface area contributed by atoms with Crippen molar-refractivity contribution in [3.8, 4) is 0 Å². The summed E-state index contributed by atoms with van der Waals surface area (Å²) in [6.07, 6.45) is 4.96. The second kappa shape index (κ2) is 4.63. The number of para-hydroxylation sites is 1. The third-order valence-electron chi connectivity index (χ3n) is 3.89. The Balaban J connectivity index is 1.82. The zero-order valence-corrected chi connectivity index (χ0v) is 11.5. The van der Waals surface area contributed by atoms with Crippen LogP contribution in [-0.2, 0) is 6.42 Å². The van der Waals surface area contributed by atoms with Crippen LogP contribution in [0.15, 0.2) is 24.3 Å². The summed E-state index contributed by atoms with van der Waals surface area (Å²) >= 11 is 1.72. The summed E-state index contributed by atoms with van der Waals surface area (Å²) in [7, 11) is 0. The molecule has 1 heterocycles. The molecule has 3 rings (SSSR count). The van der Waals surface area contributed by atoms with Gasteiger partial charge in [0.25, 0.3) is 0 Å². The van der Waals surface area contributed by atoms with Crippen molar-refractivity contribution in [1.82, 2.24) is 4.98 Å². The fraction of sp³-hybridized carbons (Fsp3) is 0.533. The maximum atomic E-state index is 10.7. The predicted molar refractivity (Wildman–Crippen MR) is 75.9 cm³/mol. The highest BCUT2D eigenvalue weighted by molar-refractivity contribution is 7.18. The molecule has 0 saturated heterocycles. The van der Waals surface area contributed by atoms with Crippen molar-refractivity contribution < 1.29 is 5.11 Å². The first kappa shape index (κ1) is 12.1. The maximum absolute atomic E-state index is 10.7. The second-order valence-electron chi connectivity index (χ2n) is 5.68. The Morgan fingerprint density at radius 1 is 1.44 bits per heavy atom. The molecule has 2 nitrogen and oxygen atoms in total. The monoisotopic (exact) mass is 261 g/mol. The highest BCUT2D eigenvalue weighted by Crippen LogP contribution is 2.36. The van der Waals surface area contributed by atoms with Gasteiger partial charge in [-0.25, -0.2) is 4.98 Å². The van der Waals surface area contributed by atoms with Gasteiger partial charge in [-0.3, -0.25) is 0 Å². The van der Waals surface area contributed by atoms with E-state index < -0.39 is 5.60 Å². The Hall–Kier alpha value is -0.930. The zero-order chi connectivity index (χ0) is 12.6. The van der Waals surface area contributed by atoms with Gasteiger partial charge in [0.1, 0.15) is 0 Å². The molecular formula is C15H19NOS. The molecule has 0 bridgehead atoms. The summed E-state index contributed by atoms with van der Waals surface area (Å²) in [6.45, 7) is 2.24. The van der Waals surface area contributed by atoms with Gasteiger partial charge in [0, 0.05) is 6.42 Å². The standard InChI is InChI=1S/C15H19NOS/c1-11-5-4-8-15(17,9-11)10-14-16-12-6-2-3-7-13(12)18-14/h2-3,6-7,11,17H,4-5,8-10H2,1H3. The van der Waals surface area contributed by atoms with Crippen LogP contribution in [0.1, 0.15) is 37.6 Å². The van der Waals surface area contributed by atoms with E-state index in [1.165, 1.54) is 11.1 Å². The molecule has 1 aromatic heterocycles. The normalized spacial score (nSPS) is 28.7. The molecule has 2 aromatic rings. The molecule has 1 aliphatic rings. The molecule has 1 saturated carbocycles. The SMILES string of the molecule is CC1CCCC(O)(Cc2nc3ccccc3s2)C1. The number of nitrogens with zero attached hydrogens (tertiary/aromatic N) is 1. The largest absolute Gasteiger partial charge is 0.389 e. The second-order valence-corrected chi connectivity index (χ2v) is 6.79. The molecule has 3 heteroatoms. The minimum atomic E-state index is -0.522. The molecule has 1 fully saturated rings. The van der Waals surface area contributed by atoms with E-state index in [1.807, 2.05) is 18.2 Å². The number of fused-ring (bicyclic) bond motifs is 1. The van der Waals surface area contributed by atoms with Crippen molar-refractivity contribution in [3.05, 3.63) is 29.3 Å². The third kappa shape index (κ3) is 2.43. The Kier molecular flexibility index (Phi) is 3.12. The van der Waals surface area contributed by atoms with E-state index in [1.54, 1.807) is 11.3 Å². The van der Waals surface area contributed by atoms with E-state index in [0.717, 1.165) is 36.2 Å². The van der Waals surface area contributed by atoms with Crippen LogP contribution in [0.3, 0.4) is 0 Å². The molecule has 18 heavy (non-hydrogen) atoms. The summed E-state index contributed by atoms with van der Waals surface area (Å²) in [5.74, 6) is 0.637. The van der Waals surface area contributed by atoms with Crippen molar-refractivity contribution >= 4 is 21.6 Å². The van der Waals surface area contributed by atoms with Crippen LogP contribution in [0.5, 0.6) is 0 Å². The van der Waals surface area contributed by atoms with E-state index in [0.29, 0.717) is 5.92 Å². The minimum Gasteiger partial charge on any atom is -0.389 e. The zero-order valence-electron chi connectivity index (χ0n) is 10.7. The molecule has 0 aliphatic heterocycles. The fourth-order valence-corrected chi connectivity index (χ4v) is 4.17. The molecule has 0 spiro atoms. The van der Waals surface area contributed by atoms with Gasteiger partial charge in [0.15, 0.2) is 0 Å². The van der Waals surface area contributed by atoms with Gasteiger partial charge in [0.2, 0.25) is 0 Å². The highest BCUT2D eigenvalue weighted by atomic mass is 32.1. The molecule has 1 N–H and O–H groups in total. The van der Waals surface area contributed by atoms with E-state index in [2.05, 4.69) is 18.0 Å². The van der Waals surface area contributed by atoms with Crippen LogP contribution in [0, 0.1) is 5.92 Å². The first-order valence-electron chi connectivity index (χ1n) is 6.71. The molecule has 2 atom stereocenters. The topological polar surface area (TPSA) is 33.1 Å².